The van der Waals surface area contributed by atoms with E-state index in [1.54, 1.807) is 0 Å². The highest BCUT2D eigenvalue weighted by atomic mass is 16.5. The standard InChI is InChI=1S/C72H141NO5/c1-3-5-7-9-11-13-15-17-19-21-23-24-25-26-27-28-30-32-36-40-44-48-52-56-60-64-70(75)69(68-74)73-71(76)65-61-57-53-49-45-41-37-33-31-35-39-43-47-51-55-59-63-67-78-72(77)66-62-58-54-50-46-42-38-34-29-22-20-18-16-14-12-10-8-6-4-2/h18,20,69-70,74-75H,3-17,19,21-68H2,1-2H3,(H,73,76)/b20-18-. The van der Waals surface area contributed by atoms with Gasteiger partial charge in [0.25, 0.3) is 0 Å². The van der Waals surface area contributed by atoms with Crippen molar-refractivity contribution in [2.45, 2.75) is 424 Å². The summed E-state index contributed by atoms with van der Waals surface area (Å²) < 4.78 is 5.51. The summed E-state index contributed by atoms with van der Waals surface area (Å²) in [6, 6.07) is -0.547. The molecule has 1 amide bonds. The number of aliphatic hydroxyl groups excluding tert-OH is 2. The predicted molar refractivity (Wildman–Crippen MR) is 343 cm³/mol. The first-order valence-corrected chi connectivity index (χ1v) is 35.9. The third kappa shape index (κ3) is 63.8. The molecule has 0 aliphatic carbocycles. The maximum absolute atomic E-state index is 12.6. The van der Waals surface area contributed by atoms with Crippen LogP contribution in [0.2, 0.25) is 0 Å². The van der Waals surface area contributed by atoms with Gasteiger partial charge in [0, 0.05) is 12.8 Å². The van der Waals surface area contributed by atoms with Crippen LogP contribution in [0.25, 0.3) is 0 Å². The van der Waals surface area contributed by atoms with Crippen LogP contribution in [0.5, 0.6) is 0 Å². The molecule has 0 aromatic carbocycles. The van der Waals surface area contributed by atoms with Crippen LogP contribution in [0.3, 0.4) is 0 Å². The Morgan fingerprint density at radius 2 is 0.603 bits per heavy atom. The first-order valence-electron chi connectivity index (χ1n) is 35.9. The van der Waals surface area contributed by atoms with E-state index >= 15 is 0 Å². The molecule has 0 aliphatic heterocycles. The highest BCUT2D eigenvalue weighted by Gasteiger charge is 2.20. The largest absolute Gasteiger partial charge is 0.466 e. The Labute approximate surface area is 489 Å². The van der Waals surface area contributed by atoms with Gasteiger partial charge in [0.05, 0.1) is 25.4 Å². The molecule has 0 saturated carbocycles. The van der Waals surface area contributed by atoms with E-state index in [9.17, 15) is 19.8 Å². The molecule has 6 heteroatoms. The predicted octanol–water partition coefficient (Wildman–Crippen LogP) is 23.1. The van der Waals surface area contributed by atoms with E-state index in [-0.39, 0.29) is 18.5 Å². The zero-order chi connectivity index (χ0) is 56.4. The smallest absolute Gasteiger partial charge is 0.305 e. The maximum Gasteiger partial charge on any atom is 0.305 e. The second kappa shape index (κ2) is 68.1. The molecule has 0 fully saturated rings. The van der Waals surface area contributed by atoms with Gasteiger partial charge in [-0.1, -0.05) is 360 Å². The van der Waals surface area contributed by atoms with Gasteiger partial charge in [-0.15, -0.1) is 0 Å². The second-order valence-electron chi connectivity index (χ2n) is 24.9. The Balaban J connectivity index is 3.39. The van der Waals surface area contributed by atoms with E-state index in [0.717, 1.165) is 44.9 Å². The third-order valence-electron chi connectivity index (χ3n) is 17.1. The molecule has 464 valence electrons. The van der Waals surface area contributed by atoms with Gasteiger partial charge in [-0.05, 0) is 51.4 Å². The summed E-state index contributed by atoms with van der Waals surface area (Å²) in [6.07, 6.45) is 84.0. The zero-order valence-corrected chi connectivity index (χ0v) is 53.2. The van der Waals surface area contributed by atoms with Crippen LogP contribution in [-0.2, 0) is 14.3 Å². The molecular weight excluding hydrogens is 959 g/mol. The van der Waals surface area contributed by atoms with Crippen LogP contribution in [0, 0.1) is 0 Å². The number of allylic oxidation sites excluding steroid dienone is 2. The zero-order valence-electron chi connectivity index (χ0n) is 53.2. The van der Waals surface area contributed by atoms with Crippen LogP contribution >= 0.6 is 0 Å². The van der Waals surface area contributed by atoms with Crippen molar-refractivity contribution in [3.05, 3.63) is 12.2 Å². The summed E-state index contributed by atoms with van der Waals surface area (Å²) in [5.41, 5.74) is 0. The highest BCUT2D eigenvalue weighted by Crippen LogP contribution is 2.19. The van der Waals surface area contributed by atoms with Crippen LogP contribution in [0.15, 0.2) is 12.2 Å². The summed E-state index contributed by atoms with van der Waals surface area (Å²) in [7, 11) is 0. The Kier molecular flexibility index (Phi) is 66.9. The van der Waals surface area contributed by atoms with Gasteiger partial charge in [0.15, 0.2) is 0 Å². The number of hydrogen-bond acceptors (Lipinski definition) is 5. The number of carbonyl (C=O) groups excluding carboxylic acids is 2. The van der Waals surface area contributed by atoms with E-state index < -0.39 is 12.1 Å². The molecule has 0 spiro atoms. The monoisotopic (exact) mass is 1100 g/mol. The molecule has 78 heavy (non-hydrogen) atoms. The topological polar surface area (TPSA) is 95.9 Å². The summed E-state index contributed by atoms with van der Waals surface area (Å²) in [4.78, 5) is 24.7. The molecular formula is C72H141NO5. The van der Waals surface area contributed by atoms with Gasteiger partial charge in [-0.3, -0.25) is 9.59 Å². The minimum Gasteiger partial charge on any atom is -0.466 e. The van der Waals surface area contributed by atoms with Crippen LogP contribution in [-0.4, -0.2) is 47.4 Å². The fourth-order valence-corrected chi connectivity index (χ4v) is 11.6. The number of amides is 1. The van der Waals surface area contributed by atoms with Gasteiger partial charge in [0.1, 0.15) is 0 Å². The Bertz CT molecular complexity index is 1180. The average Bonchev–Trinajstić information content (AvgIpc) is 3.44. The summed E-state index contributed by atoms with van der Waals surface area (Å²) in [5.74, 6) is -0.0280. The lowest BCUT2D eigenvalue weighted by molar-refractivity contribution is -0.143. The fourth-order valence-electron chi connectivity index (χ4n) is 11.6. The minimum atomic E-state index is -0.669. The summed E-state index contributed by atoms with van der Waals surface area (Å²) in [6.45, 7) is 4.98. The van der Waals surface area contributed by atoms with Crippen molar-refractivity contribution in [2.75, 3.05) is 13.2 Å². The summed E-state index contributed by atoms with van der Waals surface area (Å²) >= 11 is 0. The van der Waals surface area contributed by atoms with E-state index in [1.807, 2.05) is 0 Å². The minimum absolute atomic E-state index is 0.00669. The van der Waals surface area contributed by atoms with Gasteiger partial charge < -0.3 is 20.3 Å². The van der Waals surface area contributed by atoms with E-state index in [4.69, 9.17) is 4.74 Å². The Morgan fingerprint density at radius 1 is 0.346 bits per heavy atom. The molecule has 3 N–H and O–H groups in total. The Morgan fingerprint density at radius 3 is 0.910 bits per heavy atom. The molecule has 0 bridgehead atoms. The first kappa shape index (κ1) is 76.6. The third-order valence-corrected chi connectivity index (χ3v) is 17.1. The van der Waals surface area contributed by atoms with Crippen molar-refractivity contribution >= 4 is 11.9 Å². The molecule has 6 nitrogen and oxygen atoms in total. The number of unbranched alkanes of at least 4 members (excludes halogenated alkanes) is 55. The number of hydrogen-bond donors (Lipinski definition) is 3. The number of nitrogens with one attached hydrogen (secondary N) is 1. The highest BCUT2D eigenvalue weighted by molar-refractivity contribution is 5.76. The average molecular weight is 1100 g/mol. The molecule has 0 rings (SSSR count). The van der Waals surface area contributed by atoms with E-state index in [1.165, 1.54) is 334 Å². The van der Waals surface area contributed by atoms with Gasteiger partial charge in [-0.25, -0.2) is 0 Å². The first-order chi connectivity index (χ1) is 38.5. The van der Waals surface area contributed by atoms with Crippen molar-refractivity contribution < 1.29 is 24.5 Å². The van der Waals surface area contributed by atoms with Crippen molar-refractivity contribution in [2.24, 2.45) is 0 Å². The van der Waals surface area contributed by atoms with Crippen molar-refractivity contribution in [3.8, 4) is 0 Å². The molecule has 0 aliphatic rings. The molecule has 0 aromatic rings. The van der Waals surface area contributed by atoms with Gasteiger partial charge in [-0.2, -0.15) is 0 Å². The van der Waals surface area contributed by atoms with Crippen LogP contribution < -0.4 is 5.32 Å². The second-order valence-corrected chi connectivity index (χ2v) is 24.9. The van der Waals surface area contributed by atoms with E-state index in [0.29, 0.717) is 25.9 Å². The lowest BCUT2D eigenvalue weighted by atomic mass is 10.0. The van der Waals surface area contributed by atoms with Crippen LogP contribution in [0.4, 0.5) is 0 Å². The number of esters is 1. The molecule has 2 unspecified atom stereocenters. The summed E-state index contributed by atoms with van der Waals surface area (Å²) in [5, 5.41) is 23.5. The molecule has 0 saturated heterocycles. The van der Waals surface area contributed by atoms with E-state index in [2.05, 4.69) is 31.3 Å². The number of carbonyl (C=O) groups is 2. The van der Waals surface area contributed by atoms with Gasteiger partial charge >= 0.3 is 5.97 Å². The lowest BCUT2D eigenvalue weighted by Gasteiger charge is -2.22. The molecule has 0 heterocycles. The normalized spacial score (nSPS) is 12.5. The number of rotatable bonds is 68. The molecule has 0 radical (unpaired) electrons. The Hall–Kier alpha value is -1.40. The lowest BCUT2D eigenvalue weighted by Crippen LogP contribution is -2.45. The SMILES string of the molecule is CCCCCCCC/C=C\CCCCCCCCCCCC(=O)OCCCCCCCCCCCCCCCCCCCC(=O)NC(CO)C(O)CCCCCCCCCCCCCCCCCCCCCCCCCCC. The number of ether oxygens (including phenoxy) is 1. The number of aliphatic hydroxyl groups is 2. The van der Waals surface area contributed by atoms with Crippen molar-refractivity contribution in [1.29, 1.82) is 0 Å². The maximum atomic E-state index is 12.6. The van der Waals surface area contributed by atoms with Crippen molar-refractivity contribution in [3.63, 3.8) is 0 Å². The van der Waals surface area contributed by atoms with Crippen LogP contribution in [0.1, 0.15) is 412 Å². The fraction of sp³-hybridized carbons (Fsp3) is 0.944. The quantitative estimate of drug-likeness (QED) is 0.0320. The van der Waals surface area contributed by atoms with Crippen molar-refractivity contribution in [1.82, 2.24) is 5.32 Å². The molecule has 0 aromatic heterocycles. The molecule has 2 atom stereocenters. The van der Waals surface area contributed by atoms with Gasteiger partial charge in [0.2, 0.25) is 5.91 Å².